The number of hydrogen-bond donors (Lipinski definition) is 0. The van der Waals surface area contributed by atoms with E-state index in [0.717, 1.165) is 29.5 Å². The van der Waals surface area contributed by atoms with Gasteiger partial charge in [0.1, 0.15) is 6.54 Å². The zero-order valence-electron chi connectivity index (χ0n) is 12.6. The minimum atomic E-state index is -0.478. The Balaban J connectivity index is 1.77. The summed E-state index contributed by atoms with van der Waals surface area (Å²) in [5, 5.41) is 0.241. The SMILES string of the molecule is O=C(CN1C(=O)S/C(=C\c2cccc(Cl)c2Cl)C1=O)N1CCCC1. The number of imide groups is 1. The number of benzene rings is 1. The number of halogens is 2. The lowest BCUT2D eigenvalue weighted by Gasteiger charge is -2.18. The number of thioether (sulfide) groups is 1. The second-order valence-electron chi connectivity index (χ2n) is 5.50. The van der Waals surface area contributed by atoms with Gasteiger partial charge in [-0.25, -0.2) is 0 Å². The third kappa shape index (κ3) is 3.45. The van der Waals surface area contributed by atoms with Crippen LogP contribution in [-0.2, 0) is 9.59 Å². The van der Waals surface area contributed by atoms with Crippen LogP contribution in [0.15, 0.2) is 23.1 Å². The van der Waals surface area contributed by atoms with Crippen LogP contribution in [-0.4, -0.2) is 46.5 Å². The quantitative estimate of drug-likeness (QED) is 0.746. The topological polar surface area (TPSA) is 57.7 Å². The predicted octanol–water partition coefficient (Wildman–Crippen LogP) is 3.65. The highest BCUT2D eigenvalue weighted by atomic mass is 35.5. The van der Waals surface area contributed by atoms with E-state index in [2.05, 4.69) is 0 Å². The van der Waals surface area contributed by atoms with Crippen molar-refractivity contribution in [3.8, 4) is 0 Å². The van der Waals surface area contributed by atoms with E-state index in [0.29, 0.717) is 28.7 Å². The Kier molecular flexibility index (Phi) is 5.18. The van der Waals surface area contributed by atoms with Crippen molar-refractivity contribution >= 4 is 58.1 Å². The van der Waals surface area contributed by atoms with Crippen LogP contribution in [0.1, 0.15) is 18.4 Å². The van der Waals surface area contributed by atoms with E-state index in [9.17, 15) is 14.4 Å². The van der Waals surface area contributed by atoms with E-state index in [1.54, 1.807) is 23.1 Å². The molecule has 2 fully saturated rings. The van der Waals surface area contributed by atoms with Gasteiger partial charge >= 0.3 is 0 Å². The lowest BCUT2D eigenvalue weighted by atomic mass is 10.2. The molecule has 1 aromatic rings. The first kappa shape index (κ1) is 17.3. The molecule has 3 rings (SSSR count). The fourth-order valence-corrected chi connectivity index (χ4v) is 3.80. The van der Waals surface area contributed by atoms with Crippen LogP contribution in [0.4, 0.5) is 4.79 Å². The lowest BCUT2D eigenvalue weighted by molar-refractivity contribution is -0.135. The summed E-state index contributed by atoms with van der Waals surface area (Å²) >= 11 is 12.9. The first-order valence-electron chi connectivity index (χ1n) is 7.44. The fraction of sp³-hybridized carbons (Fsp3) is 0.312. The Hall–Kier alpha value is -1.50. The molecule has 126 valence electrons. The summed E-state index contributed by atoms with van der Waals surface area (Å²) in [6.07, 6.45) is 3.45. The van der Waals surface area contributed by atoms with Crippen molar-refractivity contribution in [2.24, 2.45) is 0 Å². The summed E-state index contributed by atoms with van der Waals surface area (Å²) < 4.78 is 0. The summed E-state index contributed by atoms with van der Waals surface area (Å²) in [6, 6.07) is 5.06. The molecule has 2 saturated heterocycles. The van der Waals surface area contributed by atoms with Crippen molar-refractivity contribution in [2.75, 3.05) is 19.6 Å². The molecule has 1 aromatic carbocycles. The molecule has 0 saturated carbocycles. The number of carbonyl (C=O) groups is 3. The average molecular weight is 385 g/mol. The van der Waals surface area contributed by atoms with E-state index >= 15 is 0 Å². The van der Waals surface area contributed by atoms with E-state index in [1.807, 2.05) is 0 Å². The van der Waals surface area contributed by atoms with Gasteiger partial charge < -0.3 is 4.90 Å². The highest BCUT2D eigenvalue weighted by molar-refractivity contribution is 8.18. The zero-order chi connectivity index (χ0) is 17.3. The Bertz CT molecular complexity index is 745. The van der Waals surface area contributed by atoms with E-state index in [-0.39, 0.29) is 17.4 Å². The van der Waals surface area contributed by atoms with Gasteiger partial charge in [0.15, 0.2) is 0 Å². The van der Waals surface area contributed by atoms with Gasteiger partial charge in [0.25, 0.3) is 11.1 Å². The smallest absolute Gasteiger partial charge is 0.294 e. The molecule has 0 unspecified atom stereocenters. The Morgan fingerprint density at radius 3 is 2.62 bits per heavy atom. The van der Waals surface area contributed by atoms with Crippen molar-refractivity contribution in [2.45, 2.75) is 12.8 Å². The number of hydrogen-bond acceptors (Lipinski definition) is 4. The summed E-state index contributed by atoms with van der Waals surface area (Å²) in [5.41, 5.74) is 0.556. The summed E-state index contributed by atoms with van der Waals surface area (Å²) in [6.45, 7) is 1.15. The minimum Gasteiger partial charge on any atom is -0.341 e. The highest BCUT2D eigenvalue weighted by Gasteiger charge is 2.37. The van der Waals surface area contributed by atoms with E-state index in [1.165, 1.54) is 6.08 Å². The minimum absolute atomic E-state index is 0.197. The van der Waals surface area contributed by atoms with Gasteiger partial charge in [0.05, 0.1) is 15.0 Å². The van der Waals surface area contributed by atoms with E-state index in [4.69, 9.17) is 23.2 Å². The number of nitrogens with zero attached hydrogens (tertiary/aromatic N) is 2. The van der Waals surface area contributed by atoms with Gasteiger partial charge in [-0.15, -0.1) is 0 Å². The Labute approximate surface area is 153 Å². The zero-order valence-corrected chi connectivity index (χ0v) is 15.0. The number of carbonyl (C=O) groups excluding carboxylic acids is 3. The van der Waals surface area contributed by atoms with E-state index < -0.39 is 11.1 Å². The normalized spacial score (nSPS) is 19.7. The molecular formula is C16H14Cl2N2O3S. The van der Waals surface area contributed by atoms with Crippen molar-refractivity contribution in [3.63, 3.8) is 0 Å². The molecule has 0 radical (unpaired) electrons. The monoisotopic (exact) mass is 384 g/mol. The number of amides is 3. The molecule has 8 heteroatoms. The molecular weight excluding hydrogens is 371 g/mol. The molecule has 0 bridgehead atoms. The Morgan fingerprint density at radius 2 is 1.92 bits per heavy atom. The summed E-state index contributed by atoms with van der Waals surface area (Å²) in [5.74, 6) is -0.676. The summed E-state index contributed by atoms with van der Waals surface area (Å²) in [7, 11) is 0. The van der Waals surface area contributed by atoms with Gasteiger partial charge in [-0.2, -0.15) is 0 Å². The molecule has 0 aromatic heterocycles. The third-order valence-electron chi connectivity index (χ3n) is 3.89. The largest absolute Gasteiger partial charge is 0.341 e. The fourth-order valence-electron chi connectivity index (χ4n) is 2.61. The molecule has 24 heavy (non-hydrogen) atoms. The molecule has 0 spiro atoms. The van der Waals surface area contributed by atoms with Crippen LogP contribution in [0.2, 0.25) is 10.0 Å². The van der Waals surface area contributed by atoms with Crippen molar-refractivity contribution in [1.29, 1.82) is 0 Å². The first-order valence-corrected chi connectivity index (χ1v) is 9.02. The van der Waals surface area contributed by atoms with Crippen LogP contribution in [0.5, 0.6) is 0 Å². The maximum Gasteiger partial charge on any atom is 0.294 e. The van der Waals surface area contributed by atoms with Crippen LogP contribution >= 0.6 is 35.0 Å². The van der Waals surface area contributed by atoms with Crippen LogP contribution < -0.4 is 0 Å². The summed E-state index contributed by atoms with van der Waals surface area (Å²) in [4.78, 5) is 39.6. The highest BCUT2D eigenvalue weighted by Crippen LogP contribution is 2.35. The van der Waals surface area contributed by atoms with Crippen molar-refractivity contribution in [3.05, 3.63) is 38.7 Å². The van der Waals surface area contributed by atoms with Gasteiger partial charge in [-0.3, -0.25) is 19.3 Å². The molecule has 2 aliphatic heterocycles. The third-order valence-corrected chi connectivity index (χ3v) is 5.63. The van der Waals surface area contributed by atoms with Gasteiger partial charge in [-0.05, 0) is 42.3 Å². The molecule has 0 atom stereocenters. The second kappa shape index (κ2) is 7.17. The van der Waals surface area contributed by atoms with Gasteiger partial charge in [0, 0.05) is 13.1 Å². The lowest BCUT2D eigenvalue weighted by Crippen LogP contribution is -2.40. The standard InChI is InChI=1S/C16H14Cl2N2O3S/c17-11-5-3-4-10(14(11)18)8-12-15(22)20(16(23)24-12)9-13(21)19-6-1-2-7-19/h3-5,8H,1-2,6-7,9H2/b12-8-. The van der Waals surface area contributed by atoms with Gasteiger partial charge in [-0.1, -0.05) is 35.3 Å². The molecule has 2 heterocycles. The van der Waals surface area contributed by atoms with Gasteiger partial charge in [0.2, 0.25) is 5.91 Å². The molecule has 0 N–H and O–H groups in total. The number of rotatable bonds is 3. The predicted molar refractivity (Wildman–Crippen MR) is 95.0 cm³/mol. The first-order chi connectivity index (χ1) is 11.5. The maximum atomic E-state index is 12.4. The second-order valence-corrected chi connectivity index (χ2v) is 7.28. The van der Waals surface area contributed by atoms with Crippen LogP contribution in [0, 0.1) is 0 Å². The number of likely N-dealkylation sites (tertiary alicyclic amines) is 1. The average Bonchev–Trinajstić information content (AvgIpc) is 3.17. The maximum absolute atomic E-state index is 12.4. The van der Waals surface area contributed by atoms with Crippen LogP contribution in [0.25, 0.3) is 6.08 Å². The molecule has 0 aliphatic carbocycles. The Morgan fingerprint density at radius 1 is 1.21 bits per heavy atom. The molecule has 2 aliphatic rings. The van der Waals surface area contributed by atoms with Crippen molar-refractivity contribution < 1.29 is 14.4 Å². The molecule has 5 nitrogen and oxygen atoms in total. The van der Waals surface area contributed by atoms with Crippen LogP contribution in [0.3, 0.4) is 0 Å². The van der Waals surface area contributed by atoms with Crippen molar-refractivity contribution in [1.82, 2.24) is 9.80 Å². The molecule has 3 amide bonds.